The first-order valence-corrected chi connectivity index (χ1v) is 18.8. The number of fused-ring (bicyclic) bond motifs is 7. The Bertz CT molecular complexity index is 3190. The van der Waals surface area contributed by atoms with Gasteiger partial charge in [-0.3, -0.25) is 0 Å². The van der Waals surface area contributed by atoms with E-state index in [0.29, 0.717) is 0 Å². The molecule has 0 spiro atoms. The summed E-state index contributed by atoms with van der Waals surface area (Å²) in [5.41, 5.74) is 13.3. The van der Waals surface area contributed by atoms with Crippen LogP contribution in [0.3, 0.4) is 0 Å². The number of hydrogen-bond donors (Lipinski definition) is 0. The molecule has 0 N–H and O–H groups in total. The van der Waals surface area contributed by atoms with Gasteiger partial charge in [0.15, 0.2) is 0 Å². The molecule has 0 bridgehead atoms. The van der Waals surface area contributed by atoms with Crippen molar-refractivity contribution in [2.75, 3.05) is 4.90 Å². The number of nitrogens with zero attached hydrogens (tertiary/aromatic N) is 2. The Morgan fingerprint density at radius 3 is 1.91 bits per heavy atom. The number of furan rings is 1. The van der Waals surface area contributed by atoms with Gasteiger partial charge in [-0.05, 0) is 100 Å². The van der Waals surface area contributed by atoms with E-state index in [0.717, 1.165) is 55.6 Å². The summed E-state index contributed by atoms with van der Waals surface area (Å²) in [5.74, 6) is 0. The van der Waals surface area contributed by atoms with E-state index in [4.69, 9.17) is 4.42 Å². The monoisotopic (exact) mass is 702 g/mol. The van der Waals surface area contributed by atoms with Crippen molar-refractivity contribution in [1.82, 2.24) is 4.57 Å². The fourth-order valence-electron chi connectivity index (χ4n) is 8.43. The molecule has 3 heteroatoms. The number of benzene rings is 9. The van der Waals surface area contributed by atoms with Crippen LogP contribution in [0.15, 0.2) is 211 Å². The summed E-state index contributed by atoms with van der Waals surface area (Å²) in [7, 11) is 0. The third-order valence-corrected chi connectivity index (χ3v) is 11.0. The number of rotatable bonds is 6. The lowest BCUT2D eigenvalue weighted by molar-refractivity contribution is 0.669. The second-order valence-corrected chi connectivity index (χ2v) is 14.1. The molecule has 0 aliphatic rings. The molecule has 2 aromatic heterocycles. The molecule has 258 valence electrons. The molecule has 11 aromatic rings. The van der Waals surface area contributed by atoms with Gasteiger partial charge in [-0.2, -0.15) is 0 Å². The minimum atomic E-state index is 0.914. The van der Waals surface area contributed by atoms with Crippen LogP contribution in [0.4, 0.5) is 17.1 Å². The average molecular weight is 703 g/mol. The summed E-state index contributed by atoms with van der Waals surface area (Å²) in [6.45, 7) is 0. The van der Waals surface area contributed by atoms with Gasteiger partial charge in [0.05, 0.1) is 22.4 Å². The Kier molecular flexibility index (Phi) is 7.17. The maximum absolute atomic E-state index is 6.25. The second kappa shape index (κ2) is 12.6. The van der Waals surface area contributed by atoms with Crippen molar-refractivity contribution in [2.24, 2.45) is 0 Å². The zero-order valence-electron chi connectivity index (χ0n) is 29.9. The molecular weight excluding hydrogens is 669 g/mol. The van der Waals surface area contributed by atoms with Crippen molar-refractivity contribution < 1.29 is 4.42 Å². The number of aromatic nitrogens is 1. The van der Waals surface area contributed by atoms with E-state index < -0.39 is 0 Å². The van der Waals surface area contributed by atoms with Crippen LogP contribution < -0.4 is 4.90 Å². The van der Waals surface area contributed by atoms with Crippen molar-refractivity contribution in [3.05, 3.63) is 206 Å². The molecule has 0 unspecified atom stereocenters. The van der Waals surface area contributed by atoms with Gasteiger partial charge in [0.1, 0.15) is 11.2 Å². The quantitative estimate of drug-likeness (QED) is 0.172. The van der Waals surface area contributed by atoms with Crippen molar-refractivity contribution in [3.63, 3.8) is 0 Å². The molecule has 9 aromatic carbocycles. The molecule has 0 saturated heterocycles. The van der Waals surface area contributed by atoms with E-state index in [1.807, 2.05) is 12.1 Å². The molecule has 11 rings (SSSR count). The number of anilines is 3. The topological polar surface area (TPSA) is 21.3 Å². The molecule has 55 heavy (non-hydrogen) atoms. The highest BCUT2D eigenvalue weighted by molar-refractivity contribution is 6.17. The lowest BCUT2D eigenvalue weighted by Crippen LogP contribution is -2.11. The second-order valence-electron chi connectivity index (χ2n) is 14.1. The SMILES string of the molecule is c1ccc(-c2ccccc2N(c2ccc(-c3ccc4cc5c(cc4c3)oc3ccccc35)cc2)c2cccc3c2c2ccccc2n3-c2ccccc2)cc1. The van der Waals surface area contributed by atoms with Crippen LogP contribution in [0.5, 0.6) is 0 Å². The van der Waals surface area contributed by atoms with Gasteiger partial charge in [0, 0.05) is 38.5 Å². The summed E-state index contributed by atoms with van der Waals surface area (Å²) >= 11 is 0. The van der Waals surface area contributed by atoms with Crippen molar-refractivity contribution in [3.8, 4) is 27.9 Å². The first-order valence-electron chi connectivity index (χ1n) is 18.8. The van der Waals surface area contributed by atoms with Gasteiger partial charge in [0.2, 0.25) is 0 Å². The van der Waals surface area contributed by atoms with Crippen LogP contribution in [0.2, 0.25) is 0 Å². The van der Waals surface area contributed by atoms with Crippen LogP contribution in [-0.4, -0.2) is 4.57 Å². The van der Waals surface area contributed by atoms with Crippen LogP contribution >= 0.6 is 0 Å². The van der Waals surface area contributed by atoms with E-state index in [2.05, 4.69) is 204 Å². The van der Waals surface area contributed by atoms with Gasteiger partial charge in [-0.1, -0.05) is 133 Å². The van der Waals surface area contributed by atoms with Crippen molar-refractivity contribution in [2.45, 2.75) is 0 Å². The third-order valence-electron chi connectivity index (χ3n) is 11.0. The predicted octanol–water partition coefficient (Wildman–Crippen LogP) is 14.6. The van der Waals surface area contributed by atoms with Gasteiger partial charge < -0.3 is 13.9 Å². The molecule has 0 amide bonds. The average Bonchev–Trinajstić information content (AvgIpc) is 3.79. The zero-order valence-corrected chi connectivity index (χ0v) is 29.9. The van der Waals surface area contributed by atoms with Gasteiger partial charge in [-0.25, -0.2) is 0 Å². The van der Waals surface area contributed by atoms with Crippen LogP contribution in [-0.2, 0) is 0 Å². The lowest BCUT2D eigenvalue weighted by Gasteiger charge is -2.29. The Morgan fingerprint density at radius 1 is 0.382 bits per heavy atom. The fraction of sp³-hybridized carbons (Fsp3) is 0. The first kappa shape index (κ1) is 31.2. The van der Waals surface area contributed by atoms with Gasteiger partial charge in [0.25, 0.3) is 0 Å². The van der Waals surface area contributed by atoms with Crippen LogP contribution in [0.25, 0.3) is 82.5 Å². The Hall–Kier alpha value is -7.36. The Balaban J connectivity index is 1.09. The standard InChI is InChI=1S/C52H34N2O/c1-3-14-36(15-4-1)42-18-7-10-21-46(42)54(49-24-13-23-48-52(49)44-20-8-11-22-47(44)53(48)40-16-5-2-6-17-40)41-30-28-35(29-31-41)37-26-27-38-33-45-43-19-9-12-25-50(43)55-51(45)34-39(38)32-37/h1-34H. The summed E-state index contributed by atoms with van der Waals surface area (Å²) in [4.78, 5) is 2.44. The summed E-state index contributed by atoms with van der Waals surface area (Å²) in [6, 6.07) is 74.0. The smallest absolute Gasteiger partial charge is 0.136 e. The highest BCUT2D eigenvalue weighted by Gasteiger charge is 2.23. The van der Waals surface area contributed by atoms with E-state index >= 15 is 0 Å². The van der Waals surface area contributed by atoms with Crippen molar-refractivity contribution in [1.29, 1.82) is 0 Å². The Morgan fingerprint density at radius 2 is 1.05 bits per heavy atom. The molecule has 0 atom stereocenters. The van der Waals surface area contributed by atoms with Crippen LogP contribution in [0.1, 0.15) is 0 Å². The summed E-state index contributed by atoms with van der Waals surface area (Å²) in [6.07, 6.45) is 0. The third kappa shape index (κ3) is 5.13. The fourth-order valence-corrected chi connectivity index (χ4v) is 8.43. The predicted molar refractivity (Wildman–Crippen MR) is 231 cm³/mol. The molecule has 0 aliphatic heterocycles. The number of para-hydroxylation sites is 4. The van der Waals surface area contributed by atoms with E-state index in [1.165, 1.54) is 43.9 Å². The molecule has 2 heterocycles. The normalized spacial score (nSPS) is 11.6. The highest BCUT2D eigenvalue weighted by Crippen LogP contribution is 2.46. The molecular formula is C52H34N2O. The number of hydrogen-bond acceptors (Lipinski definition) is 2. The lowest BCUT2D eigenvalue weighted by atomic mass is 9.98. The van der Waals surface area contributed by atoms with Gasteiger partial charge in [-0.15, -0.1) is 0 Å². The minimum Gasteiger partial charge on any atom is -0.456 e. The van der Waals surface area contributed by atoms with E-state index in [1.54, 1.807) is 0 Å². The summed E-state index contributed by atoms with van der Waals surface area (Å²) in [5, 5.41) is 7.08. The van der Waals surface area contributed by atoms with Gasteiger partial charge >= 0.3 is 0 Å². The minimum absolute atomic E-state index is 0.914. The largest absolute Gasteiger partial charge is 0.456 e. The van der Waals surface area contributed by atoms with E-state index in [9.17, 15) is 0 Å². The van der Waals surface area contributed by atoms with E-state index in [-0.39, 0.29) is 0 Å². The maximum atomic E-state index is 6.25. The molecule has 0 radical (unpaired) electrons. The zero-order chi connectivity index (χ0) is 36.3. The van der Waals surface area contributed by atoms with Crippen molar-refractivity contribution >= 4 is 71.6 Å². The summed E-state index contributed by atoms with van der Waals surface area (Å²) < 4.78 is 8.64. The highest BCUT2D eigenvalue weighted by atomic mass is 16.3. The molecule has 0 fully saturated rings. The maximum Gasteiger partial charge on any atom is 0.136 e. The molecule has 0 aliphatic carbocycles. The Labute approximate surface area is 318 Å². The first-order chi connectivity index (χ1) is 27.3. The molecule has 3 nitrogen and oxygen atoms in total. The molecule has 0 saturated carbocycles. The van der Waals surface area contributed by atoms with Crippen LogP contribution in [0, 0.1) is 0 Å².